The Bertz CT molecular complexity index is 60.0. The van der Waals surface area contributed by atoms with Gasteiger partial charge in [-0.3, -0.25) is 0 Å². The summed E-state index contributed by atoms with van der Waals surface area (Å²) in [5.74, 6) is 0. The van der Waals surface area contributed by atoms with Crippen molar-refractivity contribution in [1.29, 1.82) is 0 Å². The highest BCUT2D eigenvalue weighted by Crippen LogP contribution is 2.11. The maximum absolute atomic E-state index is 4.14. The van der Waals surface area contributed by atoms with Crippen LogP contribution in [0, 0.1) is 0 Å². The molecule has 0 aromatic heterocycles. The summed E-state index contributed by atoms with van der Waals surface area (Å²) < 4.78 is 0.303. The van der Waals surface area contributed by atoms with E-state index in [-0.39, 0.29) is 0 Å². The van der Waals surface area contributed by atoms with Gasteiger partial charge in [0, 0.05) is 0 Å². The molecular weight excluding hydrogens is 144 g/mol. The largest absolute Gasteiger partial charge is 0.161 e. The molecule has 0 heterocycles. The second kappa shape index (κ2) is 4.94. The minimum atomic E-state index is 0.303. The maximum Gasteiger partial charge on any atom is 0.0657 e. The van der Waals surface area contributed by atoms with Crippen molar-refractivity contribution in [3.05, 3.63) is 11.5 Å². The molecule has 0 aromatic carbocycles. The lowest BCUT2D eigenvalue weighted by Crippen LogP contribution is -1.79. The van der Waals surface area contributed by atoms with Gasteiger partial charge in [0.15, 0.2) is 0 Å². The average molecular weight is 152 g/mol. The van der Waals surface area contributed by atoms with Gasteiger partial charge in [0.05, 0.1) is 4.58 Å². The van der Waals surface area contributed by atoms with E-state index >= 15 is 0 Å². The van der Waals surface area contributed by atoms with Crippen LogP contribution in [0.15, 0.2) is 11.5 Å². The number of hydrogen-bond donors (Lipinski definition) is 2. The van der Waals surface area contributed by atoms with E-state index in [2.05, 4.69) is 25.3 Å². The Balaban J connectivity index is 3.16. The van der Waals surface area contributed by atoms with Crippen LogP contribution in [0.4, 0.5) is 0 Å². The molecule has 0 bridgehead atoms. The van der Waals surface area contributed by atoms with E-state index in [1.165, 1.54) is 0 Å². The minimum absolute atomic E-state index is 0.303. The van der Waals surface area contributed by atoms with E-state index in [1.54, 1.807) is 17.2 Å². The lowest BCUT2D eigenvalue weighted by atomic mass is 10.7. The fraction of sp³-hybridized carbons (Fsp3) is 0.500. The number of thiol groups is 2. The molecule has 0 aliphatic rings. The third-order valence-corrected chi connectivity index (χ3v) is 2.11. The van der Waals surface area contributed by atoms with Gasteiger partial charge < -0.3 is 0 Å². The summed E-state index contributed by atoms with van der Waals surface area (Å²) in [6, 6.07) is 0. The highest BCUT2D eigenvalue weighted by atomic mass is 32.2. The highest BCUT2D eigenvalue weighted by molar-refractivity contribution is 8.10. The van der Waals surface area contributed by atoms with Crippen LogP contribution in [0.5, 0.6) is 0 Å². The summed E-state index contributed by atoms with van der Waals surface area (Å²) in [6.45, 7) is 0. The first-order valence-corrected chi connectivity index (χ1v) is 4.15. The van der Waals surface area contributed by atoms with Crippen molar-refractivity contribution in [3.63, 3.8) is 0 Å². The number of rotatable bonds is 2. The van der Waals surface area contributed by atoms with Gasteiger partial charge in [0.2, 0.25) is 0 Å². The second-order valence-electron chi connectivity index (χ2n) is 0.968. The molecule has 0 saturated heterocycles. The molecule has 0 spiro atoms. The van der Waals surface area contributed by atoms with Crippen LogP contribution in [0.25, 0.3) is 0 Å². The van der Waals surface area contributed by atoms with Crippen LogP contribution >= 0.6 is 37.0 Å². The summed E-state index contributed by atoms with van der Waals surface area (Å²) in [4.78, 5) is 0. The molecule has 1 unspecified atom stereocenters. The van der Waals surface area contributed by atoms with Crippen molar-refractivity contribution in [2.45, 2.75) is 4.58 Å². The summed E-state index contributed by atoms with van der Waals surface area (Å²) in [6.07, 6.45) is 3.92. The van der Waals surface area contributed by atoms with Crippen LogP contribution in [-0.2, 0) is 0 Å². The van der Waals surface area contributed by atoms with Gasteiger partial charge >= 0.3 is 0 Å². The highest BCUT2D eigenvalue weighted by Gasteiger charge is 1.87. The zero-order chi connectivity index (χ0) is 5.70. The molecule has 0 radical (unpaired) electrons. The Labute approximate surface area is 59.6 Å². The van der Waals surface area contributed by atoms with Crippen LogP contribution in [0.2, 0.25) is 0 Å². The van der Waals surface area contributed by atoms with Crippen molar-refractivity contribution in [2.24, 2.45) is 0 Å². The summed E-state index contributed by atoms with van der Waals surface area (Å²) in [5.41, 5.74) is 0. The summed E-state index contributed by atoms with van der Waals surface area (Å²) in [5, 5.41) is 1.70. The summed E-state index contributed by atoms with van der Waals surface area (Å²) in [7, 11) is 0. The van der Waals surface area contributed by atoms with Gasteiger partial charge in [-0.2, -0.15) is 25.3 Å². The van der Waals surface area contributed by atoms with Gasteiger partial charge in [-0.1, -0.05) is 6.08 Å². The zero-order valence-electron chi connectivity index (χ0n) is 4.03. The van der Waals surface area contributed by atoms with E-state index in [0.29, 0.717) is 4.58 Å². The Hall–Kier alpha value is 0.790. The monoisotopic (exact) mass is 152 g/mol. The molecule has 0 N–H and O–H groups in total. The van der Waals surface area contributed by atoms with Crippen molar-refractivity contribution in [1.82, 2.24) is 0 Å². The van der Waals surface area contributed by atoms with E-state index in [9.17, 15) is 0 Å². The number of hydrogen-bond acceptors (Lipinski definition) is 3. The predicted octanol–water partition coefficient (Wildman–Crippen LogP) is 2.05. The standard InChI is InChI=1S/C4H8S3/c1-7-4(6)2-3-5/h2-6H,1H3. The SMILES string of the molecule is CSC(S)C=CS. The van der Waals surface area contributed by atoms with Crippen molar-refractivity contribution in [2.75, 3.05) is 6.26 Å². The Kier molecular flexibility index (Phi) is 5.49. The molecule has 0 aliphatic heterocycles. The topological polar surface area (TPSA) is 0 Å². The van der Waals surface area contributed by atoms with Crippen molar-refractivity contribution >= 4 is 37.0 Å². The zero-order valence-corrected chi connectivity index (χ0v) is 6.64. The van der Waals surface area contributed by atoms with Crippen LogP contribution in [-0.4, -0.2) is 10.8 Å². The molecule has 0 nitrogen and oxygen atoms in total. The minimum Gasteiger partial charge on any atom is -0.161 e. The quantitative estimate of drug-likeness (QED) is 0.451. The van der Waals surface area contributed by atoms with E-state index in [1.807, 2.05) is 12.3 Å². The smallest absolute Gasteiger partial charge is 0.0657 e. The van der Waals surface area contributed by atoms with Crippen LogP contribution in [0.1, 0.15) is 0 Å². The molecule has 0 saturated carbocycles. The third kappa shape index (κ3) is 4.65. The first-order valence-electron chi connectivity index (χ1n) is 1.83. The van der Waals surface area contributed by atoms with Gasteiger partial charge in [-0.05, 0) is 11.7 Å². The molecule has 0 rings (SSSR count). The molecule has 42 valence electrons. The van der Waals surface area contributed by atoms with E-state index in [4.69, 9.17) is 0 Å². The molecule has 7 heavy (non-hydrogen) atoms. The normalized spacial score (nSPS) is 15.3. The second-order valence-corrected chi connectivity index (χ2v) is 3.15. The average Bonchev–Trinajstić information content (AvgIpc) is 1.68. The Morgan fingerprint density at radius 3 is 2.43 bits per heavy atom. The van der Waals surface area contributed by atoms with E-state index in [0.717, 1.165) is 0 Å². The van der Waals surface area contributed by atoms with Gasteiger partial charge in [-0.25, -0.2) is 0 Å². The maximum atomic E-state index is 4.14. The van der Waals surface area contributed by atoms with Gasteiger partial charge in [0.25, 0.3) is 0 Å². The molecule has 0 amide bonds. The number of thioether (sulfide) groups is 1. The Morgan fingerprint density at radius 1 is 1.71 bits per heavy atom. The molecule has 0 aromatic rings. The summed E-state index contributed by atoms with van der Waals surface area (Å²) >= 11 is 9.69. The molecular formula is C4H8S3. The van der Waals surface area contributed by atoms with Crippen molar-refractivity contribution < 1.29 is 0 Å². The Morgan fingerprint density at radius 2 is 2.29 bits per heavy atom. The van der Waals surface area contributed by atoms with Gasteiger partial charge in [0.1, 0.15) is 0 Å². The molecule has 1 atom stereocenters. The van der Waals surface area contributed by atoms with E-state index < -0.39 is 0 Å². The fourth-order valence-corrected chi connectivity index (χ4v) is 0.898. The van der Waals surface area contributed by atoms with Crippen LogP contribution in [0.3, 0.4) is 0 Å². The first kappa shape index (κ1) is 7.79. The van der Waals surface area contributed by atoms with Gasteiger partial charge in [-0.15, -0.1) is 11.8 Å². The third-order valence-electron chi connectivity index (χ3n) is 0.492. The van der Waals surface area contributed by atoms with Crippen molar-refractivity contribution in [3.8, 4) is 0 Å². The first-order chi connectivity index (χ1) is 3.31. The molecule has 0 aliphatic carbocycles. The lowest BCUT2D eigenvalue weighted by molar-refractivity contribution is 1.70. The molecule has 3 heteroatoms. The fourth-order valence-electron chi connectivity index (χ4n) is 0.152. The van der Waals surface area contributed by atoms with Crippen LogP contribution < -0.4 is 0 Å². The molecule has 0 fully saturated rings. The predicted molar refractivity (Wildman–Crippen MR) is 44.4 cm³/mol. The lowest BCUT2D eigenvalue weighted by Gasteiger charge is -1.94.